The summed E-state index contributed by atoms with van der Waals surface area (Å²) in [5, 5.41) is 23.5. The minimum atomic E-state index is 0.106. The molecular formula is C12H16N4O2. The van der Waals surface area contributed by atoms with Gasteiger partial charge in [0, 0.05) is 37.2 Å². The van der Waals surface area contributed by atoms with Crippen LogP contribution in [0.25, 0.3) is 0 Å². The zero-order chi connectivity index (χ0) is 13.0. The number of amidine groups is 1. The van der Waals surface area contributed by atoms with Crippen LogP contribution in [0.5, 0.6) is 0 Å². The molecule has 0 aromatic heterocycles. The van der Waals surface area contributed by atoms with Crippen molar-refractivity contribution >= 4 is 17.2 Å². The van der Waals surface area contributed by atoms with Crippen molar-refractivity contribution in [1.29, 1.82) is 0 Å². The van der Waals surface area contributed by atoms with E-state index in [1.165, 1.54) is 0 Å². The fraction of sp³-hybridized carbons (Fsp3) is 0.333. The van der Waals surface area contributed by atoms with Gasteiger partial charge in [-0.3, -0.25) is 0 Å². The van der Waals surface area contributed by atoms with E-state index in [2.05, 4.69) is 15.2 Å². The Morgan fingerprint density at radius 2 is 1.72 bits per heavy atom. The Morgan fingerprint density at radius 1 is 1.11 bits per heavy atom. The monoisotopic (exact) mass is 248 g/mol. The van der Waals surface area contributed by atoms with Gasteiger partial charge in [0.15, 0.2) is 5.84 Å². The van der Waals surface area contributed by atoms with Gasteiger partial charge in [0.05, 0.1) is 5.71 Å². The van der Waals surface area contributed by atoms with E-state index in [0.717, 1.165) is 37.3 Å². The van der Waals surface area contributed by atoms with Crippen molar-refractivity contribution in [3.05, 3.63) is 29.8 Å². The fourth-order valence-corrected chi connectivity index (χ4v) is 2.02. The lowest BCUT2D eigenvalue weighted by Crippen LogP contribution is -2.33. The van der Waals surface area contributed by atoms with Crippen molar-refractivity contribution in [1.82, 2.24) is 0 Å². The predicted octanol–water partition coefficient (Wildman–Crippen LogP) is 1.21. The third-order valence-electron chi connectivity index (χ3n) is 3.12. The fourth-order valence-electron chi connectivity index (χ4n) is 2.02. The highest BCUT2D eigenvalue weighted by Gasteiger charge is 2.15. The van der Waals surface area contributed by atoms with Crippen molar-refractivity contribution in [2.24, 2.45) is 16.0 Å². The number of nitrogens with two attached hydrogens (primary N) is 1. The molecular weight excluding hydrogens is 232 g/mol. The quantitative estimate of drug-likeness (QED) is 0.317. The lowest BCUT2D eigenvalue weighted by Gasteiger charge is -2.29. The van der Waals surface area contributed by atoms with Crippen LogP contribution in [-0.4, -0.2) is 35.1 Å². The van der Waals surface area contributed by atoms with E-state index in [4.69, 9.17) is 16.1 Å². The van der Waals surface area contributed by atoms with Gasteiger partial charge in [-0.1, -0.05) is 10.3 Å². The minimum absolute atomic E-state index is 0.106. The Kier molecular flexibility index (Phi) is 3.66. The van der Waals surface area contributed by atoms with Gasteiger partial charge in [-0.15, -0.1) is 0 Å². The molecule has 4 N–H and O–H groups in total. The van der Waals surface area contributed by atoms with Crippen LogP contribution in [0.1, 0.15) is 18.4 Å². The number of rotatable bonds is 2. The summed E-state index contributed by atoms with van der Waals surface area (Å²) in [6.45, 7) is 1.67. The molecule has 1 aromatic rings. The minimum Gasteiger partial charge on any atom is -0.411 e. The summed E-state index contributed by atoms with van der Waals surface area (Å²) in [5.41, 5.74) is 8.12. The highest BCUT2D eigenvalue weighted by atomic mass is 16.4. The predicted molar refractivity (Wildman–Crippen MR) is 69.6 cm³/mol. The maximum Gasteiger partial charge on any atom is 0.170 e. The van der Waals surface area contributed by atoms with Crippen molar-refractivity contribution in [3.8, 4) is 0 Å². The van der Waals surface area contributed by atoms with Gasteiger partial charge in [0.25, 0.3) is 0 Å². The van der Waals surface area contributed by atoms with Crippen LogP contribution in [-0.2, 0) is 0 Å². The summed E-state index contributed by atoms with van der Waals surface area (Å²) in [7, 11) is 0. The van der Waals surface area contributed by atoms with Crippen molar-refractivity contribution in [2.45, 2.75) is 12.8 Å². The molecule has 1 heterocycles. The van der Waals surface area contributed by atoms with Crippen LogP contribution in [0.2, 0.25) is 0 Å². The van der Waals surface area contributed by atoms with E-state index in [-0.39, 0.29) is 5.84 Å². The number of benzene rings is 1. The molecule has 0 spiro atoms. The second-order valence-corrected chi connectivity index (χ2v) is 4.19. The third kappa shape index (κ3) is 2.53. The second kappa shape index (κ2) is 5.39. The molecule has 0 aliphatic carbocycles. The maximum absolute atomic E-state index is 8.69. The van der Waals surface area contributed by atoms with Crippen molar-refractivity contribution in [3.63, 3.8) is 0 Å². The average Bonchev–Trinajstić information content (AvgIpc) is 2.47. The standard InChI is InChI=1S/C12H16N4O2/c13-12(15-18)9-1-3-11(4-2-9)16-7-5-10(14-17)6-8-16/h1-4,17-18H,5-8H2,(H2,13,15). The molecule has 18 heavy (non-hydrogen) atoms. The van der Waals surface area contributed by atoms with E-state index in [1.807, 2.05) is 24.3 Å². The molecule has 0 saturated carbocycles. The Hall–Kier alpha value is -2.24. The molecule has 0 radical (unpaired) electrons. The number of hydrogen-bond acceptors (Lipinski definition) is 5. The molecule has 96 valence electrons. The van der Waals surface area contributed by atoms with Crippen LogP contribution in [0.3, 0.4) is 0 Å². The Morgan fingerprint density at radius 3 is 2.22 bits per heavy atom. The molecule has 1 aliphatic heterocycles. The van der Waals surface area contributed by atoms with Crippen LogP contribution in [0, 0.1) is 0 Å². The normalized spacial score (nSPS) is 16.8. The Bertz CT molecular complexity index is 457. The first-order chi connectivity index (χ1) is 8.74. The number of oxime groups is 2. The van der Waals surface area contributed by atoms with Crippen molar-refractivity contribution < 1.29 is 10.4 Å². The second-order valence-electron chi connectivity index (χ2n) is 4.19. The lowest BCUT2D eigenvalue weighted by atomic mass is 10.1. The highest BCUT2D eigenvalue weighted by molar-refractivity contribution is 5.97. The van der Waals surface area contributed by atoms with Gasteiger partial charge in [0.2, 0.25) is 0 Å². The van der Waals surface area contributed by atoms with Crippen LogP contribution < -0.4 is 10.6 Å². The van der Waals surface area contributed by atoms with Gasteiger partial charge in [-0.2, -0.15) is 0 Å². The maximum atomic E-state index is 8.69. The summed E-state index contributed by atoms with van der Waals surface area (Å²) in [5.74, 6) is 0.106. The number of piperidine rings is 1. The highest BCUT2D eigenvalue weighted by Crippen LogP contribution is 2.19. The molecule has 1 saturated heterocycles. The summed E-state index contributed by atoms with van der Waals surface area (Å²) in [6, 6.07) is 7.52. The Labute approximate surface area is 105 Å². The van der Waals surface area contributed by atoms with E-state index >= 15 is 0 Å². The lowest BCUT2D eigenvalue weighted by molar-refractivity contribution is 0.315. The van der Waals surface area contributed by atoms with E-state index < -0.39 is 0 Å². The first-order valence-electron chi connectivity index (χ1n) is 5.77. The van der Waals surface area contributed by atoms with Gasteiger partial charge >= 0.3 is 0 Å². The van der Waals surface area contributed by atoms with Gasteiger partial charge in [-0.25, -0.2) is 0 Å². The summed E-state index contributed by atoms with van der Waals surface area (Å²) < 4.78 is 0. The zero-order valence-electron chi connectivity index (χ0n) is 9.95. The first kappa shape index (κ1) is 12.2. The topological polar surface area (TPSA) is 94.4 Å². The van der Waals surface area contributed by atoms with Gasteiger partial charge in [-0.05, 0) is 24.3 Å². The number of hydrogen-bond donors (Lipinski definition) is 3. The molecule has 1 aliphatic rings. The summed E-state index contributed by atoms with van der Waals surface area (Å²) in [6.07, 6.45) is 1.55. The van der Waals surface area contributed by atoms with Gasteiger partial charge < -0.3 is 21.0 Å². The largest absolute Gasteiger partial charge is 0.411 e. The Balaban J connectivity index is 2.07. The molecule has 0 bridgehead atoms. The molecule has 0 atom stereocenters. The SMILES string of the molecule is NC(=NO)c1ccc(N2CCC(=NO)CC2)cc1. The van der Waals surface area contributed by atoms with E-state index in [0.29, 0.717) is 5.56 Å². The molecule has 1 fully saturated rings. The molecule has 0 amide bonds. The molecule has 2 rings (SSSR count). The van der Waals surface area contributed by atoms with Crippen LogP contribution in [0.4, 0.5) is 5.69 Å². The summed E-state index contributed by atoms with van der Waals surface area (Å²) >= 11 is 0. The zero-order valence-corrected chi connectivity index (χ0v) is 9.95. The molecule has 1 aromatic carbocycles. The van der Waals surface area contributed by atoms with Crippen LogP contribution in [0.15, 0.2) is 34.6 Å². The third-order valence-corrected chi connectivity index (χ3v) is 3.12. The molecule has 0 unspecified atom stereocenters. The number of nitrogens with zero attached hydrogens (tertiary/aromatic N) is 3. The summed E-state index contributed by atoms with van der Waals surface area (Å²) in [4.78, 5) is 2.21. The van der Waals surface area contributed by atoms with E-state index in [9.17, 15) is 0 Å². The van der Waals surface area contributed by atoms with E-state index in [1.54, 1.807) is 0 Å². The molecule has 6 heteroatoms. The number of anilines is 1. The van der Waals surface area contributed by atoms with Crippen LogP contribution >= 0.6 is 0 Å². The average molecular weight is 248 g/mol. The molecule has 6 nitrogen and oxygen atoms in total. The van der Waals surface area contributed by atoms with Crippen molar-refractivity contribution in [2.75, 3.05) is 18.0 Å². The van der Waals surface area contributed by atoms with Gasteiger partial charge in [0.1, 0.15) is 0 Å². The smallest absolute Gasteiger partial charge is 0.170 e. The first-order valence-corrected chi connectivity index (χ1v) is 5.77.